The number of hydrogen-bond acceptors (Lipinski definition) is 5. The topological polar surface area (TPSA) is 69.1 Å². The van der Waals surface area contributed by atoms with Crippen LogP contribution in [-0.4, -0.2) is 19.8 Å². The molecule has 5 nitrogen and oxygen atoms in total. The molecular weight excluding hydrogens is 439 g/mol. The average molecular weight is 443 g/mol. The predicted octanol–water partition coefficient (Wildman–Crippen LogP) is 3.98. The van der Waals surface area contributed by atoms with Crippen LogP contribution in [0.4, 0.5) is 18.9 Å². The third-order valence-electron chi connectivity index (χ3n) is 2.57. The zero-order valence-corrected chi connectivity index (χ0v) is 13.8. The lowest BCUT2D eigenvalue weighted by atomic mass is 10.2. The fourth-order valence-corrected chi connectivity index (χ4v) is 3.76. The number of aromatic nitrogens is 4. The molecule has 0 atom stereocenters. The molecule has 1 aromatic carbocycles. The molecule has 110 valence electrons. The van der Waals surface area contributed by atoms with Crippen LogP contribution >= 0.6 is 43.2 Å². The fraction of sp³-hybridized carbons (Fsp3) is 0.100. The van der Waals surface area contributed by atoms with Gasteiger partial charge in [0.1, 0.15) is 5.01 Å². The minimum Gasteiger partial charge on any atom is -0.397 e. The maximum absolute atomic E-state index is 12.8. The summed E-state index contributed by atoms with van der Waals surface area (Å²) in [6.45, 7) is 0. The van der Waals surface area contributed by atoms with Crippen molar-refractivity contribution in [3.63, 3.8) is 0 Å². The van der Waals surface area contributed by atoms with Gasteiger partial charge >= 0.3 is 6.18 Å². The molecule has 2 N–H and O–H groups in total. The van der Waals surface area contributed by atoms with Gasteiger partial charge in [-0.3, -0.25) is 0 Å². The lowest BCUT2D eigenvalue weighted by Gasteiger charge is -2.05. The Morgan fingerprint density at radius 3 is 2.57 bits per heavy atom. The van der Waals surface area contributed by atoms with E-state index in [2.05, 4.69) is 47.2 Å². The molecule has 0 bridgehead atoms. The highest BCUT2D eigenvalue weighted by molar-refractivity contribution is 9.11. The first-order valence-electron chi connectivity index (χ1n) is 5.31. The molecule has 0 aliphatic rings. The smallest absolute Gasteiger partial charge is 0.397 e. The lowest BCUT2D eigenvalue weighted by molar-refractivity contribution is -0.146. The SMILES string of the molecule is Nc1c(Br)cc(Br)cc1-c1nn2c(C(F)(F)F)nnc2s1. The highest BCUT2D eigenvalue weighted by Crippen LogP contribution is 2.38. The summed E-state index contributed by atoms with van der Waals surface area (Å²) >= 11 is 7.56. The Kier molecular flexibility index (Phi) is 3.45. The molecule has 0 aliphatic carbocycles. The van der Waals surface area contributed by atoms with Crippen molar-refractivity contribution in [2.24, 2.45) is 0 Å². The number of halogens is 5. The molecule has 0 amide bonds. The molecule has 0 aliphatic heterocycles. The second kappa shape index (κ2) is 4.92. The first-order valence-corrected chi connectivity index (χ1v) is 7.72. The average Bonchev–Trinajstić information content (AvgIpc) is 2.91. The van der Waals surface area contributed by atoms with Gasteiger partial charge in [0.15, 0.2) is 0 Å². The van der Waals surface area contributed by atoms with Crippen LogP contribution in [0, 0.1) is 0 Å². The van der Waals surface area contributed by atoms with E-state index in [0.717, 1.165) is 15.8 Å². The largest absolute Gasteiger partial charge is 0.453 e. The highest BCUT2D eigenvalue weighted by Gasteiger charge is 2.38. The standard InChI is InChI=1S/C10H4Br2F3N5S/c11-3-1-4(6(16)5(12)2-3)7-19-20-8(10(13,14)15)17-18-9(20)21-7/h1-2H,16H2. The van der Waals surface area contributed by atoms with Crippen molar-refractivity contribution < 1.29 is 13.2 Å². The van der Waals surface area contributed by atoms with E-state index >= 15 is 0 Å². The van der Waals surface area contributed by atoms with Crippen molar-refractivity contribution in [1.29, 1.82) is 0 Å². The van der Waals surface area contributed by atoms with Crippen molar-refractivity contribution in [2.45, 2.75) is 6.18 Å². The normalized spacial score (nSPS) is 12.2. The van der Waals surface area contributed by atoms with Gasteiger partial charge in [-0.15, -0.1) is 10.2 Å². The number of hydrogen-bond donors (Lipinski definition) is 1. The Morgan fingerprint density at radius 1 is 1.19 bits per heavy atom. The van der Waals surface area contributed by atoms with Crippen molar-refractivity contribution in [2.75, 3.05) is 5.73 Å². The predicted molar refractivity (Wildman–Crippen MR) is 78.9 cm³/mol. The molecule has 11 heteroatoms. The van der Waals surface area contributed by atoms with E-state index in [0.29, 0.717) is 25.2 Å². The molecule has 2 heterocycles. The quantitative estimate of drug-likeness (QED) is 0.579. The van der Waals surface area contributed by atoms with Crippen LogP contribution in [-0.2, 0) is 6.18 Å². The molecule has 0 saturated heterocycles. The van der Waals surface area contributed by atoms with Crippen LogP contribution < -0.4 is 5.73 Å². The van der Waals surface area contributed by atoms with Gasteiger partial charge in [-0.1, -0.05) is 27.3 Å². The monoisotopic (exact) mass is 441 g/mol. The molecule has 21 heavy (non-hydrogen) atoms. The van der Waals surface area contributed by atoms with E-state index in [4.69, 9.17) is 5.73 Å². The summed E-state index contributed by atoms with van der Waals surface area (Å²) in [5.41, 5.74) is 6.83. The van der Waals surface area contributed by atoms with Crippen molar-refractivity contribution in [1.82, 2.24) is 19.8 Å². The van der Waals surface area contributed by atoms with Gasteiger partial charge in [0.25, 0.3) is 5.82 Å². The van der Waals surface area contributed by atoms with Gasteiger partial charge in [-0.2, -0.15) is 22.8 Å². The van der Waals surface area contributed by atoms with Gasteiger partial charge < -0.3 is 5.73 Å². The Balaban J connectivity index is 2.21. The van der Waals surface area contributed by atoms with E-state index in [1.807, 2.05) is 0 Å². The number of nitrogen functional groups attached to an aromatic ring is 1. The summed E-state index contributed by atoms with van der Waals surface area (Å²) in [5.74, 6) is -1.16. The second-order valence-electron chi connectivity index (χ2n) is 3.97. The summed E-state index contributed by atoms with van der Waals surface area (Å²) in [6, 6.07) is 3.42. The minimum atomic E-state index is -4.62. The van der Waals surface area contributed by atoms with Gasteiger partial charge in [0, 0.05) is 14.5 Å². The van der Waals surface area contributed by atoms with Crippen LogP contribution in [0.2, 0.25) is 0 Å². The maximum atomic E-state index is 12.8. The van der Waals surface area contributed by atoms with E-state index in [9.17, 15) is 13.2 Å². The van der Waals surface area contributed by atoms with Crippen molar-refractivity contribution >= 4 is 53.8 Å². The molecule has 0 fully saturated rings. The van der Waals surface area contributed by atoms with E-state index in [-0.39, 0.29) is 4.96 Å². The zero-order valence-electron chi connectivity index (χ0n) is 9.82. The number of nitrogens with zero attached hydrogens (tertiary/aromatic N) is 4. The van der Waals surface area contributed by atoms with Gasteiger partial charge in [-0.25, -0.2) is 0 Å². The van der Waals surface area contributed by atoms with Crippen LogP contribution in [0.25, 0.3) is 15.5 Å². The number of rotatable bonds is 1. The molecule has 0 unspecified atom stereocenters. The molecule has 3 aromatic rings. The molecule has 0 radical (unpaired) electrons. The van der Waals surface area contributed by atoms with Crippen LogP contribution in [0.3, 0.4) is 0 Å². The summed E-state index contributed by atoms with van der Waals surface area (Å²) in [6.07, 6.45) is -4.62. The Hall–Kier alpha value is -1.20. The van der Waals surface area contributed by atoms with Gasteiger partial charge in [0.05, 0.1) is 5.69 Å². The zero-order chi connectivity index (χ0) is 15.4. The molecule has 3 rings (SSSR count). The van der Waals surface area contributed by atoms with Crippen molar-refractivity contribution in [3.05, 3.63) is 26.9 Å². The summed E-state index contributed by atoms with van der Waals surface area (Å²) in [7, 11) is 0. The third-order valence-corrected chi connectivity index (χ3v) is 4.62. The number of alkyl halides is 3. The number of benzene rings is 1. The van der Waals surface area contributed by atoms with Crippen LogP contribution in [0.15, 0.2) is 21.1 Å². The number of anilines is 1. The third kappa shape index (κ3) is 2.53. The number of nitrogens with two attached hydrogens (primary N) is 1. The second-order valence-corrected chi connectivity index (χ2v) is 6.70. The first kappa shape index (κ1) is 14.7. The highest BCUT2D eigenvalue weighted by atomic mass is 79.9. The molecular formula is C10H4Br2F3N5S. The lowest BCUT2D eigenvalue weighted by Crippen LogP contribution is -2.11. The molecule has 0 saturated carbocycles. The Labute approximate surface area is 136 Å². The Bertz CT molecular complexity index is 841. The van der Waals surface area contributed by atoms with E-state index < -0.39 is 12.0 Å². The van der Waals surface area contributed by atoms with Crippen LogP contribution in [0.1, 0.15) is 5.82 Å². The summed E-state index contributed by atoms with van der Waals surface area (Å²) in [4.78, 5) is 0.0489. The Morgan fingerprint density at radius 2 is 1.90 bits per heavy atom. The van der Waals surface area contributed by atoms with Crippen molar-refractivity contribution in [3.8, 4) is 10.6 Å². The van der Waals surface area contributed by atoms with Gasteiger partial charge in [0.2, 0.25) is 4.96 Å². The molecule has 0 spiro atoms. The number of fused-ring (bicyclic) bond motifs is 1. The van der Waals surface area contributed by atoms with Crippen LogP contribution in [0.5, 0.6) is 0 Å². The summed E-state index contributed by atoms with van der Waals surface area (Å²) in [5, 5.41) is 10.8. The minimum absolute atomic E-state index is 0.0489. The van der Waals surface area contributed by atoms with E-state index in [1.165, 1.54) is 0 Å². The fourth-order valence-electron chi connectivity index (χ4n) is 1.66. The van der Waals surface area contributed by atoms with E-state index in [1.54, 1.807) is 12.1 Å². The van der Waals surface area contributed by atoms with Gasteiger partial charge in [-0.05, 0) is 28.1 Å². The first-order chi connectivity index (χ1) is 9.77. The maximum Gasteiger partial charge on any atom is 0.453 e. The molecule has 2 aromatic heterocycles. The summed E-state index contributed by atoms with van der Waals surface area (Å²) < 4.78 is 40.3.